The van der Waals surface area contributed by atoms with E-state index in [1.165, 1.54) is 37.7 Å². The Bertz CT molecular complexity index is 871. The summed E-state index contributed by atoms with van der Waals surface area (Å²) in [4.78, 5) is 13.4. The van der Waals surface area contributed by atoms with Gasteiger partial charge in [-0.2, -0.15) is 5.26 Å². The van der Waals surface area contributed by atoms with Crippen LogP contribution < -0.4 is 0 Å². The molecule has 0 aromatic rings. The topological polar surface area (TPSA) is 50.1 Å². The zero-order valence-corrected chi connectivity index (χ0v) is 23.0. The van der Waals surface area contributed by atoms with Gasteiger partial charge in [-0.1, -0.05) is 46.8 Å². The second kappa shape index (κ2) is 8.67. The number of hydrogen-bond donors (Lipinski definition) is 0. The highest BCUT2D eigenvalue weighted by Gasteiger charge is 2.70. The van der Waals surface area contributed by atoms with Crippen LogP contribution in [0.15, 0.2) is 12.2 Å². The van der Waals surface area contributed by atoms with Crippen LogP contribution in [0.25, 0.3) is 0 Å². The maximum Gasteiger partial charge on any atom is 0.312 e. The van der Waals surface area contributed by atoms with Crippen molar-refractivity contribution in [3.8, 4) is 6.07 Å². The van der Waals surface area contributed by atoms with Crippen molar-refractivity contribution in [2.75, 3.05) is 7.11 Å². The molecule has 0 spiro atoms. The third-order valence-corrected chi connectivity index (χ3v) is 12.6. The zero-order chi connectivity index (χ0) is 25.1. The molecule has 0 N–H and O–H groups in total. The number of nitriles is 1. The number of allylic oxidation sites excluding steroid dienone is 1. The van der Waals surface area contributed by atoms with Crippen LogP contribution in [0.2, 0.25) is 0 Å². The van der Waals surface area contributed by atoms with Gasteiger partial charge < -0.3 is 4.74 Å². The van der Waals surface area contributed by atoms with Gasteiger partial charge in [0.25, 0.3) is 0 Å². The summed E-state index contributed by atoms with van der Waals surface area (Å²) in [5.41, 5.74) is 1.63. The van der Waals surface area contributed by atoms with E-state index in [-0.39, 0.29) is 27.6 Å². The van der Waals surface area contributed by atoms with Gasteiger partial charge in [0.15, 0.2) is 0 Å². The van der Waals surface area contributed by atoms with Crippen molar-refractivity contribution in [3.05, 3.63) is 12.2 Å². The van der Waals surface area contributed by atoms with E-state index in [2.05, 4.69) is 54.2 Å². The highest BCUT2D eigenvalue weighted by molar-refractivity contribution is 5.78. The molecule has 0 amide bonds. The van der Waals surface area contributed by atoms with Crippen molar-refractivity contribution in [3.63, 3.8) is 0 Å². The molecule has 0 unspecified atom stereocenters. The van der Waals surface area contributed by atoms with Crippen molar-refractivity contribution >= 4 is 5.97 Å². The molecule has 3 nitrogen and oxygen atoms in total. The van der Waals surface area contributed by atoms with E-state index in [9.17, 15) is 10.1 Å². The third kappa shape index (κ3) is 3.29. The summed E-state index contributed by atoms with van der Waals surface area (Å²) >= 11 is 0. The van der Waals surface area contributed by atoms with Crippen LogP contribution in [-0.4, -0.2) is 13.1 Å². The monoisotopic (exact) mass is 467 g/mol. The lowest BCUT2D eigenvalue weighted by molar-refractivity contribution is -0.222. The molecule has 3 heteroatoms. The third-order valence-electron chi connectivity index (χ3n) is 12.6. The van der Waals surface area contributed by atoms with Crippen LogP contribution in [0.1, 0.15) is 106 Å². The minimum atomic E-state index is -0.268. The molecule has 0 heterocycles. The lowest BCUT2D eigenvalue weighted by atomic mass is 9.34. The van der Waals surface area contributed by atoms with Gasteiger partial charge in [0.1, 0.15) is 0 Å². The summed E-state index contributed by atoms with van der Waals surface area (Å²) in [5, 5.41) is 9.51. The number of rotatable bonds is 5. The predicted octanol–water partition coefficient (Wildman–Crippen LogP) is 7.96. The van der Waals surface area contributed by atoms with Crippen molar-refractivity contribution < 1.29 is 9.53 Å². The van der Waals surface area contributed by atoms with E-state index in [4.69, 9.17) is 4.74 Å². The van der Waals surface area contributed by atoms with Crippen molar-refractivity contribution in [1.82, 2.24) is 0 Å². The van der Waals surface area contributed by atoms with E-state index in [1.54, 1.807) is 7.11 Å². The molecule has 9 atom stereocenters. The number of carbonyl (C=O) groups is 1. The summed E-state index contributed by atoms with van der Waals surface area (Å²) in [6.07, 6.45) is 10.8. The van der Waals surface area contributed by atoms with Crippen LogP contribution in [0.3, 0.4) is 0 Å². The Morgan fingerprint density at radius 3 is 2.35 bits per heavy atom. The molecular formula is C31H49NO2. The van der Waals surface area contributed by atoms with Gasteiger partial charge >= 0.3 is 5.97 Å². The maximum atomic E-state index is 13.4. The van der Waals surface area contributed by atoms with Crippen LogP contribution in [-0.2, 0) is 9.53 Å². The van der Waals surface area contributed by atoms with E-state index >= 15 is 0 Å². The van der Waals surface area contributed by atoms with Crippen LogP contribution in [0.4, 0.5) is 0 Å². The Labute approximate surface area is 209 Å². The molecule has 0 saturated heterocycles. The highest BCUT2D eigenvalue weighted by atomic mass is 16.5. The maximum absolute atomic E-state index is 13.4. The molecule has 4 fully saturated rings. The number of nitrogens with zero attached hydrogens (tertiary/aromatic N) is 1. The first kappa shape index (κ1) is 25.8. The summed E-state index contributed by atoms with van der Waals surface area (Å²) in [7, 11) is 1.60. The molecular weight excluding hydrogens is 418 g/mol. The molecule has 4 saturated carbocycles. The van der Waals surface area contributed by atoms with Crippen LogP contribution >= 0.6 is 0 Å². The van der Waals surface area contributed by atoms with E-state index < -0.39 is 0 Å². The first-order valence-corrected chi connectivity index (χ1v) is 14.0. The number of esters is 1. The number of carbonyl (C=O) groups excluding carboxylic acids is 1. The molecule has 4 aliphatic rings. The molecule has 34 heavy (non-hydrogen) atoms. The normalized spacial score (nSPS) is 47.8. The fraction of sp³-hybridized carbons (Fsp3) is 0.871. The summed E-state index contributed by atoms with van der Waals surface area (Å²) in [6, 6.07) is 2.46. The SMILES string of the molecule is C=C(C)[C@H]1CC[C@@]2(C)[C@@H](CC[C@H]3[C@H]4[C@H](C(C)C)CC[C@@]4(C(=O)OC)CC[C@]32C)[C@]1(C)CCC#N. The molecule has 0 aromatic heterocycles. The smallest absolute Gasteiger partial charge is 0.312 e. The van der Waals surface area contributed by atoms with Gasteiger partial charge in [-0.3, -0.25) is 4.79 Å². The minimum Gasteiger partial charge on any atom is -0.469 e. The quantitative estimate of drug-likeness (QED) is 0.304. The Morgan fingerprint density at radius 1 is 1.06 bits per heavy atom. The van der Waals surface area contributed by atoms with Gasteiger partial charge in [-0.15, -0.1) is 0 Å². The van der Waals surface area contributed by atoms with Crippen LogP contribution in [0.5, 0.6) is 0 Å². The fourth-order valence-corrected chi connectivity index (χ4v) is 10.8. The molecule has 4 rings (SSSR count). The Hall–Kier alpha value is -1.30. The van der Waals surface area contributed by atoms with Gasteiger partial charge in [-0.05, 0) is 116 Å². The average Bonchev–Trinajstić information content (AvgIpc) is 3.19. The molecule has 0 radical (unpaired) electrons. The van der Waals surface area contributed by atoms with Crippen molar-refractivity contribution in [1.29, 1.82) is 5.26 Å². The molecule has 0 aromatic carbocycles. The van der Waals surface area contributed by atoms with E-state index in [1.807, 2.05) is 0 Å². The lowest BCUT2D eigenvalue weighted by Gasteiger charge is -2.70. The largest absolute Gasteiger partial charge is 0.469 e. The van der Waals surface area contributed by atoms with E-state index in [0.29, 0.717) is 41.9 Å². The number of methoxy groups -OCH3 is 1. The Balaban J connectivity index is 1.78. The van der Waals surface area contributed by atoms with Gasteiger partial charge in [-0.25, -0.2) is 0 Å². The molecule has 190 valence electrons. The van der Waals surface area contributed by atoms with Crippen molar-refractivity contribution in [2.45, 2.75) is 106 Å². The van der Waals surface area contributed by atoms with Gasteiger partial charge in [0, 0.05) is 6.42 Å². The molecule has 4 aliphatic carbocycles. The lowest BCUT2D eigenvalue weighted by Crippen LogP contribution is -2.64. The summed E-state index contributed by atoms with van der Waals surface area (Å²) in [6.45, 7) is 19.1. The first-order chi connectivity index (χ1) is 15.9. The molecule has 0 bridgehead atoms. The number of fused-ring (bicyclic) bond motifs is 5. The second-order valence-electron chi connectivity index (χ2n) is 13.8. The zero-order valence-electron chi connectivity index (χ0n) is 23.0. The summed E-state index contributed by atoms with van der Waals surface area (Å²) < 4.78 is 5.51. The second-order valence-corrected chi connectivity index (χ2v) is 13.8. The van der Waals surface area contributed by atoms with Gasteiger partial charge in [0.05, 0.1) is 18.6 Å². The summed E-state index contributed by atoms with van der Waals surface area (Å²) in [5.74, 6) is 3.42. The minimum absolute atomic E-state index is 0.0693. The average molecular weight is 468 g/mol. The Kier molecular flexibility index (Phi) is 6.58. The first-order valence-electron chi connectivity index (χ1n) is 14.0. The van der Waals surface area contributed by atoms with Crippen molar-refractivity contribution in [2.24, 2.45) is 57.2 Å². The number of hydrogen-bond acceptors (Lipinski definition) is 3. The van der Waals surface area contributed by atoms with Gasteiger partial charge in [0.2, 0.25) is 0 Å². The molecule has 0 aliphatic heterocycles. The van der Waals surface area contributed by atoms with Crippen LogP contribution in [0, 0.1) is 68.5 Å². The standard InChI is InChI=1S/C31H49NO2/c1-20(2)22-12-16-31(27(33)34-8)18-17-29(6)24(26(22)31)10-11-25-28(5,14-9-19-32)23(21(3)4)13-15-30(25,29)7/h20,22-26H,3,9-18H2,1-2,4-8H3/t22-,23+,24-,25-,26+,28+,29+,30-,31+/m0/s1. The predicted molar refractivity (Wildman–Crippen MR) is 138 cm³/mol. The number of ether oxygens (including phenoxy) is 1. The van der Waals surface area contributed by atoms with E-state index in [0.717, 1.165) is 25.7 Å². The fourth-order valence-electron chi connectivity index (χ4n) is 10.8. The highest BCUT2D eigenvalue weighted by Crippen LogP contribution is 2.76. The Morgan fingerprint density at radius 2 is 1.76 bits per heavy atom.